The van der Waals surface area contributed by atoms with Gasteiger partial charge in [0.2, 0.25) is 0 Å². The van der Waals surface area contributed by atoms with Gasteiger partial charge in [-0.1, -0.05) is 0 Å². The van der Waals surface area contributed by atoms with Crippen LogP contribution in [0.4, 0.5) is 0 Å². The second-order valence-corrected chi connectivity index (χ2v) is 2.95. The minimum atomic E-state index is -1.08. The molecule has 0 aromatic carbocycles. The van der Waals surface area contributed by atoms with Crippen molar-refractivity contribution in [2.24, 2.45) is 0 Å². The molecule has 0 aliphatic heterocycles. The topological polar surface area (TPSA) is 241 Å². The number of carboxylic acid groups (broad SMARTS) is 6. The van der Waals surface area contributed by atoms with Crippen LogP contribution in [0.3, 0.4) is 0 Å². The summed E-state index contributed by atoms with van der Waals surface area (Å²) in [5.74, 6) is -6.50. The van der Waals surface area contributed by atoms with E-state index < -0.39 is 35.8 Å². The first kappa shape index (κ1) is 49.7. The van der Waals surface area contributed by atoms with Gasteiger partial charge in [-0.15, -0.1) is 0 Å². The van der Waals surface area contributed by atoms with E-state index in [4.69, 9.17) is 59.4 Å². The molecule has 0 unspecified atom stereocenters. The van der Waals surface area contributed by atoms with E-state index in [2.05, 4.69) is 0 Å². The van der Waals surface area contributed by atoms with E-state index in [0.717, 1.165) is 41.5 Å². The fraction of sp³-hybridized carbons (Fsp3) is 0.500. The maximum atomic E-state index is 8.89. The first-order valence-electron chi connectivity index (χ1n) is 5.45. The summed E-state index contributed by atoms with van der Waals surface area (Å²) in [6.07, 6.45) is 0. The van der Waals surface area contributed by atoms with Crippen molar-refractivity contribution in [1.29, 1.82) is 0 Å². The van der Waals surface area contributed by atoms with Gasteiger partial charge in [-0.3, -0.25) is 0 Å². The predicted octanol–water partition coefficient (Wildman–Crippen LogP) is -10.8. The minimum absolute atomic E-state index is 0. The zero-order valence-electron chi connectivity index (χ0n) is 15.3. The molecule has 0 aliphatic rings. The number of carbonyl (C=O) groups is 6. The Balaban J connectivity index is -0.0000000245. The molecule has 12 nitrogen and oxygen atoms in total. The molecule has 0 N–H and O–H groups in total. The van der Waals surface area contributed by atoms with Crippen molar-refractivity contribution in [2.45, 2.75) is 41.5 Å². The number of hydrogen-bond acceptors (Lipinski definition) is 12. The molecule has 26 heavy (non-hydrogen) atoms. The number of rotatable bonds is 0. The molecule has 0 amide bonds. The molecule has 0 saturated heterocycles. The Hall–Kier alpha value is -1.30. The third-order valence-corrected chi connectivity index (χ3v) is 0. The molecule has 0 fully saturated rings. The second kappa shape index (κ2) is 43.8. The summed E-state index contributed by atoms with van der Waals surface area (Å²) in [6.45, 7) is 5.83. The molecule has 0 saturated carbocycles. The quantitative estimate of drug-likeness (QED) is 0.240. The Bertz CT molecular complexity index is 267. The van der Waals surface area contributed by atoms with Gasteiger partial charge in [-0.25, -0.2) is 0 Å². The number of hydrogen-bond donors (Lipinski definition) is 0. The Labute approximate surface area is 191 Å². The Kier molecular flexibility index (Phi) is 83.8. The number of carboxylic acids is 6. The van der Waals surface area contributed by atoms with Crippen LogP contribution in [0.2, 0.25) is 0 Å². The Morgan fingerprint density at radius 2 is 0.385 bits per heavy atom. The van der Waals surface area contributed by atoms with E-state index in [1.54, 1.807) is 0 Å². The van der Waals surface area contributed by atoms with Gasteiger partial charge in [-0.05, 0) is 41.5 Å². The van der Waals surface area contributed by atoms with E-state index in [1.807, 2.05) is 0 Å². The van der Waals surface area contributed by atoms with Crippen molar-refractivity contribution >= 4 is 62.0 Å². The molecular weight excluding hydrogens is 568 g/mol. The summed E-state index contributed by atoms with van der Waals surface area (Å²) in [4.78, 5) is 53.3. The van der Waals surface area contributed by atoms with Crippen molar-refractivity contribution in [1.82, 2.24) is 0 Å². The van der Waals surface area contributed by atoms with Crippen LogP contribution in [0.5, 0.6) is 0 Å². The van der Waals surface area contributed by atoms with Gasteiger partial charge in [0.15, 0.2) is 0 Å². The smallest absolute Gasteiger partial charge is 0.550 e. The minimum Gasteiger partial charge on any atom is -0.550 e. The fourth-order valence-corrected chi connectivity index (χ4v) is 0. The maximum Gasteiger partial charge on any atom is 1.00 e. The third-order valence-electron chi connectivity index (χ3n) is 0. The molecule has 0 aromatic heterocycles. The monoisotopic (exact) mass is 586 g/mol. The van der Waals surface area contributed by atoms with Crippen molar-refractivity contribution in [3.8, 4) is 0 Å². The molecule has 0 heterocycles. The Morgan fingerprint density at radius 1 is 0.385 bits per heavy atom. The normalized spacial score (nSPS) is 5.77. The average molecular weight is 586 g/mol. The largest absolute Gasteiger partial charge is 1.00 e. The first-order valence-corrected chi connectivity index (χ1v) is 5.45. The molecule has 0 atom stereocenters. The van der Waals surface area contributed by atoms with Gasteiger partial charge in [-0.2, -0.15) is 0 Å². The molecule has 0 rings (SSSR count). The molecule has 0 spiro atoms. The summed E-state index contributed by atoms with van der Waals surface area (Å²) in [7, 11) is 0. The number of carbonyl (C=O) groups excluding carboxylic acids is 6. The molecule has 0 aromatic rings. The van der Waals surface area contributed by atoms with Gasteiger partial charge in [0, 0.05) is 62.0 Å². The van der Waals surface area contributed by atoms with Crippen LogP contribution >= 0.6 is 0 Å². The summed E-state index contributed by atoms with van der Waals surface area (Å²) in [5.41, 5.74) is 0. The molecule has 0 bridgehead atoms. The van der Waals surface area contributed by atoms with Crippen molar-refractivity contribution in [2.75, 3.05) is 0 Å². The van der Waals surface area contributed by atoms with Crippen LogP contribution in [0.25, 0.3) is 0 Å². The molecule has 14 heteroatoms. The summed E-state index contributed by atoms with van der Waals surface area (Å²) in [5, 5.41) is 53.3. The van der Waals surface area contributed by atoms with Crippen LogP contribution in [0, 0.1) is 0 Å². The number of aliphatic carboxylic acids is 6. The molecule has 3 radical (unpaired) electrons. The standard InChI is InChI=1S/6C2H4O2.Bi.Na/c6*1-2(3)4;;/h6*1H3,(H,3,4);;/q;;;;;;;+1/p-6. The van der Waals surface area contributed by atoms with Crippen LogP contribution in [0.1, 0.15) is 41.5 Å². The predicted molar refractivity (Wildman–Crippen MR) is 69.8 cm³/mol. The zero-order valence-corrected chi connectivity index (χ0v) is 20.8. The van der Waals surface area contributed by atoms with Gasteiger partial charge >= 0.3 is 29.6 Å². The average Bonchev–Trinajstić information content (AvgIpc) is 2.08. The SMILES string of the molecule is CC(=O)[O-].CC(=O)[O-].CC(=O)[O-].CC(=O)[O-].CC(=O)[O-].CC(=O)[O-].[Bi].[Na+]. The first-order chi connectivity index (χ1) is 10.4. The fourth-order valence-electron chi connectivity index (χ4n) is 0. The van der Waals surface area contributed by atoms with E-state index in [-0.39, 0.29) is 55.8 Å². The van der Waals surface area contributed by atoms with Crippen LogP contribution in [-0.4, -0.2) is 62.0 Å². The molecule has 0 aliphatic carbocycles. The third kappa shape index (κ3) is 6360. The van der Waals surface area contributed by atoms with Gasteiger partial charge < -0.3 is 59.4 Å². The molecular formula is C12H18BiNaO12-5. The zero-order chi connectivity index (χ0) is 21.5. The van der Waals surface area contributed by atoms with Crippen LogP contribution in [-0.2, 0) is 28.8 Å². The Morgan fingerprint density at radius 3 is 0.385 bits per heavy atom. The van der Waals surface area contributed by atoms with Crippen molar-refractivity contribution in [3.05, 3.63) is 0 Å². The van der Waals surface area contributed by atoms with Gasteiger partial charge in [0.1, 0.15) is 0 Å². The van der Waals surface area contributed by atoms with Crippen LogP contribution in [0.15, 0.2) is 0 Å². The van der Waals surface area contributed by atoms with E-state index >= 15 is 0 Å². The second-order valence-electron chi connectivity index (χ2n) is 2.95. The van der Waals surface area contributed by atoms with Crippen molar-refractivity contribution < 1.29 is 89.0 Å². The summed E-state index contributed by atoms with van der Waals surface area (Å²) in [6, 6.07) is 0. The summed E-state index contributed by atoms with van der Waals surface area (Å²) >= 11 is 0. The van der Waals surface area contributed by atoms with Crippen LogP contribution < -0.4 is 60.2 Å². The van der Waals surface area contributed by atoms with E-state index in [0.29, 0.717) is 0 Å². The van der Waals surface area contributed by atoms with Gasteiger partial charge in [0.25, 0.3) is 0 Å². The van der Waals surface area contributed by atoms with Crippen molar-refractivity contribution in [3.63, 3.8) is 0 Å². The van der Waals surface area contributed by atoms with E-state index in [9.17, 15) is 0 Å². The van der Waals surface area contributed by atoms with E-state index in [1.165, 1.54) is 0 Å². The van der Waals surface area contributed by atoms with Gasteiger partial charge in [0.05, 0.1) is 0 Å². The summed E-state index contributed by atoms with van der Waals surface area (Å²) < 4.78 is 0. The maximum absolute atomic E-state index is 8.89. The molecule has 149 valence electrons.